The maximum absolute atomic E-state index is 8.91. The van der Waals surface area contributed by atoms with E-state index in [2.05, 4.69) is 6.92 Å². The molecular weight excluding hydrogens is 168 g/mol. The summed E-state index contributed by atoms with van der Waals surface area (Å²) < 4.78 is 0. The van der Waals surface area contributed by atoms with Crippen LogP contribution in [-0.4, -0.2) is 22.2 Å². The van der Waals surface area contributed by atoms with Crippen molar-refractivity contribution >= 4 is 11.8 Å². The lowest BCUT2D eigenvalue weighted by molar-refractivity contribution is 0.299. The predicted octanol–water partition coefficient (Wildman–Crippen LogP) is 2.82. The Labute approximate surface area is 79.9 Å². The summed E-state index contributed by atoms with van der Waals surface area (Å²) in [7, 11) is 0. The highest BCUT2D eigenvalue weighted by Crippen LogP contribution is 2.29. The zero-order valence-corrected chi connectivity index (χ0v) is 8.78. The maximum Gasteiger partial charge on any atom is 0.0547 e. The van der Waals surface area contributed by atoms with E-state index >= 15 is 0 Å². The molecule has 1 aliphatic rings. The molecule has 1 N–H and O–H groups in total. The SMILES string of the molecule is CC(CO)SC1CCCCCC1. The quantitative estimate of drug-likeness (QED) is 0.687. The highest BCUT2D eigenvalue weighted by molar-refractivity contribution is 8.00. The highest BCUT2D eigenvalue weighted by Gasteiger charge is 2.14. The molecule has 0 amide bonds. The lowest BCUT2D eigenvalue weighted by atomic mass is 10.2. The van der Waals surface area contributed by atoms with E-state index < -0.39 is 0 Å². The molecule has 1 aliphatic carbocycles. The van der Waals surface area contributed by atoms with Crippen LogP contribution in [0.25, 0.3) is 0 Å². The highest BCUT2D eigenvalue weighted by atomic mass is 32.2. The first-order valence-corrected chi connectivity index (χ1v) is 6.03. The van der Waals surface area contributed by atoms with Crippen molar-refractivity contribution in [2.24, 2.45) is 0 Å². The molecule has 0 radical (unpaired) electrons. The lowest BCUT2D eigenvalue weighted by Gasteiger charge is -2.17. The van der Waals surface area contributed by atoms with E-state index in [9.17, 15) is 0 Å². The Hall–Kier alpha value is 0.310. The first-order valence-electron chi connectivity index (χ1n) is 5.09. The van der Waals surface area contributed by atoms with Crippen LogP contribution in [-0.2, 0) is 0 Å². The van der Waals surface area contributed by atoms with Gasteiger partial charge in [-0.3, -0.25) is 0 Å². The predicted molar refractivity (Wildman–Crippen MR) is 55.6 cm³/mol. The van der Waals surface area contributed by atoms with Crippen LogP contribution in [0.4, 0.5) is 0 Å². The summed E-state index contributed by atoms with van der Waals surface area (Å²) in [6, 6.07) is 0. The topological polar surface area (TPSA) is 20.2 Å². The van der Waals surface area contributed by atoms with Gasteiger partial charge in [-0.05, 0) is 12.8 Å². The minimum Gasteiger partial charge on any atom is -0.395 e. The van der Waals surface area contributed by atoms with Crippen molar-refractivity contribution < 1.29 is 5.11 Å². The van der Waals surface area contributed by atoms with Gasteiger partial charge in [-0.1, -0.05) is 32.6 Å². The van der Waals surface area contributed by atoms with Crippen molar-refractivity contribution in [3.8, 4) is 0 Å². The number of rotatable bonds is 3. The molecule has 1 nitrogen and oxygen atoms in total. The molecule has 0 aromatic heterocycles. The molecule has 0 aliphatic heterocycles. The van der Waals surface area contributed by atoms with E-state index in [1.807, 2.05) is 11.8 Å². The second-order valence-corrected chi connectivity index (χ2v) is 5.49. The van der Waals surface area contributed by atoms with E-state index in [0.29, 0.717) is 11.9 Å². The van der Waals surface area contributed by atoms with E-state index in [-0.39, 0.29) is 0 Å². The van der Waals surface area contributed by atoms with E-state index in [4.69, 9.17) is 5.11 Å². The molecule has 0 bridgehead atoms. The van der Waals surface area contributed by atoms with Crippen molar-refractivity contribution in [2.75, 3.05) is 6.61 Å². The molecule has 0 heterocycles. The van der Waals surface area contributed by atoms with E-state index in [1.165, 1.54) is 38.5 Å². The third-order valence-electron chi connectivity index (χ3n) is 2.48. The van der Waals surface area contributed by atoms with Crippen LogP contribution < -0.4 is 0 Å². The number of aliphatic hydroxyl groups is 1. The first-order chi connectivity index (χ1) is 5.83. The van der Waals surface area contributed by atoms with Gasteiger partial charge in [0.2, 0.25) is 0 Å². The zero-order chi connectivity index (χ0) is 8.81. The fourth-order valence-electron chi connectivity index (χ4n) is 1.75. The summed E-state index contributed by atoms with van der Waals surface area (Å²) in [5.41, 5.74) is 0. The largest absolute Gasteiger partial charge is 0.395 e. The van der Waals surface area contributed by atoms with Crippen LogP contribution in [0.3, 0.4) is 0 Å². The van der Waals surface area contributed by atoms with Gasteiger partial charge < -0.3 is 5.11 Å². The second-order valence-electron chi connectivity index (χ2n) is 3.74. The van der Waals surface area contributed by atoms with Gasteiger partial charge in [-0.25, -0.2) is 0 Å². The van der Waals surface area contributed by atoms with Gasteiger partial charge in [0.1, 0.15) is 0 Å². The summed E-state index contributed by atoms with van der Waals surface area (Å²) in [4.78, 5) is 0. The minimum atomic E-state index is 0.334. The van der Waals surface area contributed by atoms with Gasteiger partial charge in [-0.2, -0.15) is 11.8 Å². The van der Waals surface area contributed by atoms with Gasteiger partial charge in [0.15, 0.2) is 0 Å². The molecule has 0 saturated heterocycles. The Bertz CT molecular complexity index is 108. The number of thioether (sulfide) groups is 1. The van der Waals surface area contributed by atoms with Crippen LogP contribution in [0.1, 0.15) is 45.4 Å². The van der Waals surface area contributed by atoms with E-state index in [0.717, 1.165) is 5.25 Å². The summed E-state index contributed by atoms with van der Waals surface area (Å²) in [6.45, 7) is 2.46. The molecule has 1 rings (SSSR count). The van der Waals surface area contributed by atoms with Gasteiger partial charge >= 0.3 is 0 Å². The number of hydrogen-bond donors (Lipinski definition) is 1. The fraction of sp³-hybridized carbons (Fsp3) is 1.00. The van der Waals surface area contributed by atoms with Crippen LogP contribution in [0, 0.1) is 0 Å². The van der Waals surface area contributed by atoms with Gasteiger partial charge in [-0.15, -0.1) is 0 Å². The van der Waals surface area contributed by atoms with Crippen molar-refractivity contribution in [1.29, 1.82) is 0 Å². The standard InChI is InChI=1S/C10H20OS/c1-9(8-11)12-10-6-4-2-3-5-7-10/h9-11H,2-8H2,1H3. The molecule has 0 aromatic rings. The van der Waals surface area contributed by atoms with Crippen LogP contribution in [0.2, 0.25) is 0 Å². The smallest absolute Gasteiger partial charge is 0.0547 e. The maximum atomic E-state index is 8.91. The summed E-state index contributed by atoms with van der Waals surface area (Å²) >= 11 is 1.98. The van der Waals surface area contributed by atoms with Crippen molar-refractivity contribution in [2.45, 2.75) is 55.9 Å². The second kappa shape index (κ2) is 5.87. The summed E-state index contributed by atoms with van der Waals surface area (Å²) in [6.07, 6.45) is 8.38. The molecule has 0 aromatic carbocycles. The van der Waals surface area contributed by atoms with Gasteiger partial charge in [0.25, 0.3) is 0 Å². The van der Waals surface area contributed by atoms with Gasteiger partial charge in [0, 0.05) is 10.5 Å². The zero-order valence-electron chi connectivity index (χ0n) is 7.96. The minimum absolute atomic E-state index is 0.334. The Morgan fingerprint density at radius 1 is 1.25 bits per heavy atom. The third kappa shape index (κ3) is 3.81. The summed E-state index contributed by atoms with van der Waals surface area (Å²) in [5, 5.41) is 10.2. The Kier molecular flexibility index (Phi) is 5.08. The van der Waals surface area contributed by atoms with Crippen LogP contribution >= 0.6 is 11.8 Å². The van der Waals surface area contributed by atoms with Crippen LogP contribution in [0.5, 0.6) is 0 Å². The van der Waals surface area contributed by atoms with Gasteiger partial charge in [0.05, 0.1) is 6.61 Å². The molecular formula is C10H20OS. The lowest BCUT2D eigenvalue weighted by Crippen LogP contribution is -2.10. The van der Waals surface area contributed by atoms with Crippen molar-refractivity contribution in [3.63, 3.8) is 0 Å². The van der Waals surface area contributed by atoms with E-state index in [1.54, 1.807) is 0 Å². The molecule has 2 heteroatoms. The molecule has 1 saturated carbocycles. The fourth-order valence-corrected chi connectivity index (χ4v) is 3.10. The Morgan fingerprint density at radius 3 is 2.33 bits per heavy atom. The average molecular weight is 188 g/mol. The molecule has 1 atom stereocenters. The Morgan fingerprint density at radius 2 is 1.83 bits per heavy atom. The number of hydrogen-bond acceptors (Lipinski definition) is 2. The van der Waals surface area contributed by atoms with Crippen molar-refractivity contribution in [1.82, 2.24) is 0 Å². The third-order valence-corrected chi connectivity index (χ3v) is 3.95. The van der Waals surface area contributed by atoms with Crippen LogP contribution in [0.15, 0.2) is 0 Å². The molecule has 12 heavy (non-hydrogen) atoms. The van der Waals surface area contributed by atoms with Crippen molar-refractivity contribution in [3.05, 3.63) is 0 Å². The first kappa shape index (κ1) is 10.4. The average Bonchev–Trinajstić information content (AvgIpc) is 2.33. The molecule has 1 unspecified atom stereocenters. The normalized spacial score (nSPS) is 23.5. The monoisotopic (exact) mass is 188 g/mol. The Balaban J connectivity index is 2.20. The molecule has 72 valence electrons. The molecule has 0 spiro atoms. The summed E-state index contributed by atoms with van der Waals surface area (Å²) in [5.74, 6) is 0. The number of aliphatic hydroxyl groups excluding tert-OH is 1. The molecule has 1 fully saturated rings.